The Morgan fingerprint density at radius 3 is 2.60 bits per heavy atom. The Bertz CT molecular complexity index is 765. The van der Waals surface area contributed by atoms with Crippen LogP contribution in [0.3, 0.4) is 0 Å². The summed E-state index contributed by atoms with van der Waals surface area (Å²) in [6.45, 7) is 0. The number of H-pyrrole nitrogens is 1. The van der Waals surface area contributed by atoms with Gasteiger partial charge in [0.1, 0.15) is 5.69 Å². The predicted octanol–water partition coefficient (Wildman–Crippen LogP) is 4.10. The molecule has 1 heterocycles. The van der Waals surface area contributed by atoms with Crippen LogP contribution in [0.15, 0.2) is 54.6 Å². The zero-order chi connectivity index (χ0) is 14.1. The van der Waals surface area contributed by atoms with E-state index in [9.17, 15) is 4.79 Å². The van der Waals surface area contributed by atoms with Crippen molar-refractivity contribution in [3.8, 4) is 0 Å². The molecule has 4 heteroatoms. The number of hydrogen-bond donors (Lipinski definition) is 1. The minimum Gasteiger partial charge on any atom is -0.350 e. The third-order valence-electron chi connectivity index (χ3n) is 3.26. The van der Waals surface area contributed by atoms with Crippen molar-refractivity contribution in [1.29, 1.82) is 0 Å². The van der Waals surface area contributed by atoms with Gasteiger partial charge < -0.3 is 9.88 Å². The zero-order valence-corrected chi connectivity index (χ0v) is 11.7. The summed E-state index contributed by atoms with van der Waals surface area (Å²) in [5, 5.41) is 1.62. The minimum absolute atomic E-state index is 0.0801. The van der Waals surface area contributed by atoms with Crippen molar-refractivity contribution in [2.24, 2.45) is 0 Å². The highest BCUT2D eigenvalue weighted by molar-refractivity contribution is 6.31. The largest absolute Gasteiger partial charge is 0.350 e. The lowest BCUT2D eigenvalue weighted by molar-refractivity contribution is 0.0989. The van der Waals surface area contributed by atoms with Gasteiger partial charge in [-0.25, -0.2) is 0 Å². The lowest BCUT2D eigenvalue weighted by Crippen LogP contribution is -2.26. The van der Waals surface area contributed by atoms with Crippen LogP contribution in [0.25, 0.3) is 10.9 Å². The topological polar surface area (TPSA) is 36.1 Å². The van der Waals surface area contributed by atoms with Gasteiger partial charge in [0, 0.05) is 28.7 Å². The monoisotopic (exact) mass is 284 g/mol. The molecule has 3 rings (SSSR count). The molecule has 0 aliphatic carbocycles. The molecule has 0 spiro atoms. The fourth-order valence-corrected chi connectivity index (χ4v) is 2.34. The SMILES string of the molecule is CN(C(=O)c1cc2ccc(Cl)cc2[nH]1)c1ccccc1. The fourth-order valence-electron chi connectivity index (χ4n) is 2.16. The summed E-state index contributed by atoms with van der Waals surface area (Å²) in [6.07, 6.45) is 0. The van der Waals surface area contributed by atoms with Crippen molar-refractivity contribution in [1.82, 2.24) is 4.98 Å². The molecule has 100 valence electrons. The molecule has 0 unspecified atom stereocenters. The number of nitrogens with one attached hydrogen (secondary N) is 1. The van der Waals surface area contributed by atoms with Crippen molar-refractivity contribution >= 4 is 34.1 Å². The van der Waals surface area contributed by atoms with Crippen LogP contribution in [0.4, 0.5) is 5.69 Å². The van der Waals surface area contributed by atoms with Crippen molar-refractivity contribution in [3.63, 3.8) is 0 Å². The molecule has 0 aliphatic heterocycles. The second-order valence-electron chi connectivity index (χ2n) is 4.61. The molecular weight excluding hydrogens is 272 g/mol. The molecule has 0 bridgehead atoms. The number of aromatic amines is 1. The molecule has 0 atom stereocenters. The zero-order valence-electron chi connectivity index (χ0n) is 10.9. The number of nitrogens with zero attached hydrogens (tertiary/aromatic N) is 1. The summed E-state index contributed by atoms with van der Waals surface area (Å²) in [7, 11) is 1.76. The Balaban J connectivity index is 1.96. The number of para-hydroxylation sites is 1. The molecule has 3 aromatic rings. The average molecular weight is 285 g/mol. The van der Waals surface area contributed by atoms with E-state index >= 15 is 0 Å². The van der Waals surface area contributed by atoms with Crippen LogP contribution in [0, 0.1) is 0 Å². The van der Waals surface area contributed by atoms with Gasteiger partial charge in [0.05, 0.1) is 0 Å². The van der Waals surface area contributed by atoms with E-state index in [0.717, 1.165) is 16.6 Å². The third kappa shape index (κ3) is 2.28. The second kappa shape index (κ2) is 5.02. The van der Waals surface area contributed by atoms with Gasteiger partial charge in [0.2, 0.25) is 0 Å². The number of hydrogen-bond acceptors (Lipinski definition) is 1. The molecule has 2 aromatic carbocycles. The van der Waals surface area contributed by atoms with Crippen LogP contribution >= 0.6 is 11.6 Å². The normalized spacial score (nSPS) is 10.7. The van der Waals surface area contributed by atoms with Gasteiger partial charge in [-0.15, -0.1) is 0 Å². The van der Waals surface area contributed by atoms with E-state index in [-0.39, 0.29) is 5.91 Å². The summed E-state index contributed by atoms with van der Waals surface area (Å²) in [6, 6.07) is 16.9. The van der Waals surface area contributed by atoms with Gasteiger partial charge >= 0.3 is 0 Å². The molecule has 1 amide bonds. The number of anilines is 1. The maximum atomic E-state index is 12.5. The Morgan fingerprint density at radius 1 is 1.10 bits per heavy atom. The highest BCUT2D eigenvalue weighted by Gasteiger charge is 2.15. The summed E-state index contributed by atoms with van der Waals surface area (Å²) >= 11 is 5.95. The van der Waals surface area contributed by atoms with Gasteiger partial charge in [0.15, 0.2) is 0 Å². The average Bonchev–Trinajstić information content (AvgIpc) is 2.89. The number of rotatable bonds is 2. The summed E-state index contributed by atoms with van der Waals surface area (Å²) in [4.78, 5) is 17.2. The number of carbonyl (C=O) groups excluding carboxylic acids is 1. The van der Waals surface area contributed by atoms with Crippen molar-refractivity contribution < 1.29 is 4.79 Å². The number of amides is 1. The molecule has 0 aliphatic rings. The van der Waals surface area contributed by atoms with Gasteiger partial charge in [-0.2, -0.15) is 0 Å². The third-order valence-corrected chi connectivity index (χ3v) is 3.50. The molecule has 1 aromatic heterocycles. The fraction of sp³-hybridized carbons (Fsp3) is 0.0625. The Kier molecular flexibility index (Phi) is 3.20. The van der Waals surface area contributed by atoms with Crippen LogP contribution in [-0.2, 0) is 0 Å². The number of carbonyl (C=O) groups is 1. The molecule has 0 fully saturated rings. The molecule has 0 saturated heterocycles. The Hall–Kier alpha value is -2.26. The van der Waals surface area contributed by atoms with Crippen molar-refractivity contribution in [2.75, 3.05) is 11.9 Å². The van der Waals surface area contributed by atoms with E-state index in [1.165, 1.54) is 0 Å². The molecule has 3 nitrogen and oxygen atoms in total. The summed E-state index contributed by atoms with van der Waals surface area (Å²) in [5.41, 5.74) is 2.27. The highest BCUT2D eigenvalue weighted by atomic mass is 35.5. The standard InChI is InChI=1S/C16H13ClN2O/c1-19(13-5-3-2-4-6-13)16(20)15-9-11-7-8-12(17)10-14(11)18-15/h2-10,18H,1H3. The van der Waals surface area contributed by atoms with Crippen LogP contribution in [0.1, 0.15) is 10.5 Å². The number of fused-ring (bicyclic) bond motifs is 1. The van der Waals surface area contributed by atoms with Gasteiger partial charge in [-0.3, -0.25) is 4.79 Å². The number of benzene rings is 2. The van der Waals surface area contributed by atoms with E-state index in [1.54, 1.807) is 11.9 Å². The van der Waals surface area contributed by atoms with E-state index in [1.807, 2.05) is 54.6 Å². The lowest BCUT2D eigenvalue weighted by atomic mass is 10.2. The smallest absolute Gasteiger partial charge is 0.274 e. The van der Waals surface area contributed by atoms with Crippen LogP contribution in [0.2, 0.25) is 5.02 Å². The van der Waals surface area contributed by atoms with E-state index in [4.69, 9.17) is 11.6 Å². The quantitative estimate of drug-likeness (QED) is 0.756. The Labute approximate surface area is 121 Å². The minimum atomic E-state index is -0.0801. The van der Waals surface area contributed by atoms with Crippen LogP contribution in [0.5, 0.6) is 0 Å². The van der Waals surface area contributed by atoms with Gasteiger partial charge in [-0.05, 0) is 30.3 Å². The van der Waals surface area contributed by atoms with Gasteiger partial charge in [-0.1, -0.05) is 35.9 Å². The molecular formula is C16H13ClN2O. The predicted molar refractivity (Wildman–Crippen MR) is 82.5 cm³/mol. The van der Waals surface area contributed by atoms with Crippen LogP contribution < -0.4 is 4.90 Å². The second-order valence-corrected chi connectivity index (χ2v) is 5.05. The lowest BCUT2D eigenvalue weighted by Gasteiger charge is -2.16. The first-order valence-corrected chi connectivity index (χ1v) is 6.64. The number of aromatic nitrogens is 1. The first-order chi connectivity index (χ1) is 9.65. The molecule has 20 heavy (non-hydrogen) atoms. The van der Waals surface area contributed by atoms with Gasteiger partial charge in [0.25, 0.3) is 5.91 Å². The van der Waals surface area contributed by atoms with E-state index in [0.29, 0.717) is 10.7 Å². The van der Waals surface area contributed by atoms with Crippen molar-refractivity contribution in [2.45, 2.75) is 0 Å². The molecule has 0 radical (unpaired) electrons. The van der Waals surface area contributed by atoms with E-state index < -0.39 is 0 Å². The maximum Gasteiger partial charge on any atom is 0.274 e. The van der Waals surface area contributed by atoms with Crippen LogP contribution in [-0.4, -0.2) is 17.9 Å². The number of halogens is 1. The molecule has 1 N–H and O–H groups in total. The first-order valence-electron chi connectivity index (χ1n) is 6.26. The van der Waals surface area contributed by atoms with E-state index in [2.05, 4.69) is 4.98 Å². The summed E-state index contributed by atoms with van der Waals surface area (Å²) < 4.78 is 0. The highest BCUT2D eigenvalue weighted by Crippen LogP contribution is 2.22. The maximum absolute atomic E-state index is 12.5. The molecule has 0 saturated carbocycles. The Morgan fingerprint density at radius 2 is 1.85 bits per heavy atom. The summed E-state index contributed by atoms with van der Waals surface area (Å²) in [5.74, 6) is -0.0801. The first kappa shape index (κ1) is 12.8. The van der Waals surface area contributed by atoms with Crippen molar-refractivity contribution in [3.05, 3.63) is 65.3 Å².